The van der Waals surface area contributed by atoms with Gasteiger partial charge in [0.25, 0.3) is 0 Å². The smallest absolute Gasteiger partial charge is 0.407 e. The van der Waals surface area contributed by atoms with Crippen LogP contribution in [0.2, 0.25) is 0 Å². The molecular weight excluding hydrogens is 444 g/mol. The monoisotopic (exact) mass is 478 g/mol. The van der Waals surface area contributed by atoms with Gasteiger partial charge in [-0.15, -0.1) is 0 Å². The lowest BCUT2D eigenvalue weighted by molar-refractivity contribution is -0.145. The first-order valence-electron chi connectivity index (χ1n) is 12.6. The van der Waals surface area contributed by atoms with E-state index in [0.29, 0.717) is 25.8 Å². The molecule has 7 nitrogen and oxygen atoms in total. The van der Waals surface area contributed by atoms with Gasteiger partial charge in [0.1, 0.15) is 6.61 Å². The summed E-state index contributed by atoms with van der Waals surface area (Å²) in [7, 11) is 0. The molecule has 0 saturated carbocycles. The molecule has 0 unspecified atom stereocenters. The van der Waals surface area contributed by atoms with Crippen LogP contribution in [0.25, 0.3) is 11.1 Å². The fraction of sp³-hybridized carbons (Fsp3) is 0.464. The SMILES string of the molecule is CCCC[C@@H](CC(=O)N1CCC[C@H](C(=O)O)C1)NC(=O)OCC1c2ccccc2-c2ccccc21. The van der Waals surface area contributed by atoms with Crippen LogP contribution in [0.3, 0.4) is 0 Å². The Hall–Kier alpha value is -3.35. The summed E-state index contributed by atoms with van der Waals surface area (Å²) in [4.78, 5) is 38.6. The number of hydrogen-bond acceptors (Lipinski definition) is 4. The van der Waals surface area contributed by atoms with Gasteiger partial charge in [0, 0.05) is 31.5 Å². The van der Waals surface area contributed by atoms with E-state index in [1.807, 2.05) is 24.3 Å². The van der Waals surface area contributed by atoms with E-state index in [0.717, 1.165) is 24.0 Å². The predicted octanol–water partition coefficient (Wildman–Crippen LogP) is 4.80. The minimum Gasteiger partial charge on any atom is -0.481 e. The van der Waals surface area contributed by atoms with E-state index < -0.39 is 18.0 Å². The number of unbranched alkanes of at least 4 members (excludes halogenated alkanes) is 1. The number of nitrogens with zero attached hydrogens (tertiary/aromatic N) is 1. The molecule has 4 rings (SSSR count). The van der Waals surface area contributed by atoms with Crippen molar-refractivity contribution in [3.63, 3.8) is 0 Å². The zero-order valence-corrected chi connectivity index (χ0v) is 20.2. The molecule has 1 fully saturated rings. The van der Waals surface area contributed by atoms with Crippen LogP contribution in [0, 0.1) is 5.92 Å². The normalized spacial score (nSPS) is 17.9. The van der Waals surface area contributed by atoms with Crippen molar-refractivity contribution in [3.8, 4) is 11.1 Å². The summed E-state index contributed by atoms with van der Waals surface area (Å²) < 4.78 is 5.67. The molecule has 2 aromatic rings. The third kappa shape index (κ3) is 5.84. The number of amides is 2. The molecule has 0 aromatic heterocycles. The number of carbonyl (C=O) groups excluding carboxylic acids is 2. The Balaban J connectivity index is 1.36. The second-order valence-electron chi connectivity index (χ2n) is 9.53. The molecule has 2 N–H and O–H groups in total. The summed E-state index contributed by atoms with van der Waals surface area (Å²) in [6.45, 7) is 3.09. The topological polar surface area (TPSA) is 95.9 Å². The number of likely N-dealkylation sites (tertiary alicyclic amines) is 1. The fourth-order valence-electron chi connectivity index (χ4n) is 5.23. The van der Waals surface area contributed by atoms with E-state index >= 15 is 0 Å². The molecule has 1 saturated heterocycles. The largest absolute Gasteiger partial charge is 0.481 e. The molecule has 2 aliphatic rings. The van der Waals surface area contributed by atoms with Crippen molar-refractivity contribution >= 4 is 18.0 Å². The van der Waals surface area contributed by atoms with E-state index in [2.05, 4.69) is 36.5 Å². The highest BCUT2D eigenvalue weighted by molar-refractivity contribution is 5.80. The Morgan fingerprint density at radius 1 is 1.09 bits per heavy atom. The molecule has 1 aliphatic carbocycles. The molecule has 7 heteroatoms. The summed E-state index contributed by atoms with van der Waals surface area (Å²) in [5.41, 5.74) is 4.64. The van der Waals surface area contributed by atoms with Crippen LogP contribution in [0.15, 0.2) is 48.5 Å². The maximum atomic E-state index is 12.9. The van der Waals surface area contributed by atoms with Gasteiger partial charge >= 0.3 is 12.1 Å². The average molecular weight is 479 g/mol. The van der Waals surface area contributed by atoms with Crippen molar-refractivity contribution < 1.29 is 24.2 Å². The predicted molar refractivity (Wildman–Crippen MR) is 133 cm³/mol. The Labute approximate surface area is 206 Å². The van der Waals surface area contributed by atoms with Crippen LogP contribution in [0.4, 0.5) is 4.79 Å². The molecule has 186 valence electrons. The number of ether oxygens (including phenoxy) is 1. The van der Waals surface area contributed by atoms with Crippen LogP contribution >= 0.6 is 0 Å². The van der Waals surface area contributed by atoms with Gasteiger partial charge in [0.15, 0.2) is 0 Å². The highest BCUT2D eigenvalue weighted by Crippen LogP contribution is 2.44. The van der Waals surface area contributed by atoms with Gasteiger partial charge in [-0.2, -0.15) is 0 Å². The van der Waals surface area contributed by atoms with Crippen molar-refractivity contribution in [2.75, 3.05) is 19.7 Å². The molecule has 0 bridgehead atoms. The van der Waals surface area contributed by atoms with Crippen molar-refractivity contribution in [1.82, 2.24) is 10.2 Å². The lowest BCUT2D eigenvalue weighted by Gasteiger charge is -2.32. The Morgan fingerprint density at radius 2 is 1.74 bits per heavy atom. The Bertz CT molecular complexity index is 1020. The average Bonchev–Trinajstić information content (AvgIpc) is 3.19. The molecule has 2 amide bonds. The summed E-state index contributed by atoms with van der Waals surface area (Å²) >= 11 is 0. The van der Waals surface area contributed by atoms with Gasteiger partial charge in [-0.05, 0) is 41.5 Å². The van der Waals surface area contributed by atoms with Gasteiger partial charge < -0.3 is 20.1 Å². The van der Waals surface area contributed by atoms with E-state index in [-0.39, 0.29) is 37.4 Å². The first-order valence-corrected chi connectivity index (χ1v) is 12.6. The maximum Gasteiger partial charge on any atom is 0.407 e. The van der Waals surface area contributed by atoms with Crippen LogP contribution in [-0.4, -0.2) is 53.7 Å². The van der Waals surface area contributed by atoms with Gasteiger partial charge in [0.2, 0.25) is 5.91 Å². The van der Waals surface area contributed by atoms with Crippen molar-refractivity contribution in [3.05, 3.63) is 59.7 Å². The molecule has 0 radical (unpaired) electrons. The lowest BCUT2D eigenvalue weighted by atomic mass is 9.97. The number of rotatable bonds is 9. The second kappa shape index (κ2) is 11.4. The van der Waals surface area contributed by atoms with E-state index in [9.17, 15) is 19.5 Å². The minimum atomic E-state index is -0.859. The Morgan fingerprint density at radius 3 is 2.37 bits per heavy atom. The van der Waals surface area contributed by atoms with Crippen LogP contribution in [0.5, 0.6) is 0 Å². The number of piperidine rings is 1. The highest BCUT2D eigenvalue weighted by atomic mass is 16.5. The van der Waals surface area contributed by atoms with Crippen molar-refractivity contribution in [2.45, 2.75) is 57.4 Å². The number of nitrogens with one attached hydrogen (secondary N) is 1. The number of alkyl carbamates (subject to hydrolysis) is 1. The van der Waals surface area contributed by atoms with Crippen LogP contribution in [0.1, 0.15) is 62.5 Å². The molecule has 35 heavy (non-hydrogen) atoms. The molecular formula is C28H34N2O5. The summed E-state index contributed by atoms with van der Waals surface area (Å²) in [5.74, 6) is -1.51. The minimum absolute atomic E-state index is 0.0230. The molecule has 2 aromatic carbocycles. The molecule has 2 atom stereocenters. The fourth-order valence-corrected chi connectivity index (χ4v) is 5.23. The number of fused-ring (bicyclic) bond motifs is 3. The van der Waals surface area contributed by atoms with E-state index in [4.69, 9.17) is 4.74 Å². The highest BCUT2D eigenvalue weighted by Gasteiger charge is 2.31. The lowest BCUT2D eigenvalue weighted by Crippen LogP contribution is -2.45. The summed E-state index contributed by atoms with van der Waals surface area (Å²) in [6, 6.07) is 16.0. The molecule has 0 spiro atoms. The maximum absolute atomic E-state index is 12.9. The van der Waals surface area contributed by atoms with Crippen molar-refractivity contribution in [2.24, 2.45) is 5.92 Å². The summed E-state index contributed by atoms with van der Waals surface area (Å²) in [5, 5.41) is 12.2. The number of carboxylic acid groups (broad SMARTS) is 1. The zero-order chi connectivity index (χ0) is 24.8. The van der Waals surface area contributed by atoms with E-state index in [1.54, 1.807) is 4.90 Å². The van der Waals surface area contributed by atoms with Gasteiger partial charge in [0.05, 0.1) is 5.92 Å². The molecule has 1 heterocycles. The first-order chi connectivity index (χ1) is 17.0. The van der Waals surface area contributed by atoms with Gasteiger partial charge in [-0.1, -0.05) is 68.3 Å². The summed E-state index contributed by atoms with van der Waals surface area (Å²) in [6.07, 6.45) is 3.39. The van der Waals surface area contributed by atoms with Crippen LogP contribution < -0.4 is 5.32 Å². The second-order valence-corrected chi connectivity index (χ2v) is 9.53. The third-order valence-corrected chi connectivity index (χ3v) is 7.12. The van der Waals surface area contributed by atoms with Gasteiger partial charge in [-0.3, -0.25) is 9.59 Å². The number of aliphatic carboxylic acids is 1. The quantitative estimate of drug-likeness (QED) is 0.540. The number of carbonyl (C=O) groups is 3. The first kappa shape index (κ1) is 24.8. The van der Waals surface area contributed by atoms with E-state index in [1.165, 1.54) is 11.1 Å². The Kier molecular flexibility index (Phi) is 8.06. The van der Waals surface area contributed by atoms with Crippen molar-refractivity contribution in [1.29, 1.82) is 0 Å². The standard InChI is InChI=1S/C28H34N2O5/c1-2-3-10-20(16-26(31)30-15-8-9-19(17-30)27(32)33)29-28(34)35-18-25-23-13-6-4-11-21(23)22-12-5-7-14-24(22)25/h4-7,11-14,19-20,25H,2-3,8-10,15-18H2,1H3,(H,29,34)(H,32,33)/t19-,20-/m0/s1. The number of hydrogen-bond donors (Lipinski definition) is 2. The van der Waals surface area contributed by atoms with Crippen LogP contribution in [-0.2, 0) is 14.3 Å². The zero-order valence-electron chi connectivity index (χ0n) is 20.2. The number of carboxylic acids is 1. The third-order valence-electron chi connectivity index (χ3n) is 7.12. The van der Waals surface area contributed by atoms with Gasteiger partial charge in [-0.25, -0.2) is 4.79 Å². The molecule has 1 aliphatic heterocycles. The number of benzene rings is 2.